The van der Waals surface area contributed by atoms with Crippen LogP contribution in [0.25, 0.3) is 55.2 Å². The van der Waals surface area contributed by atoms with Gasteiger partial charge in [-0.3, -0.25) is 0 Å². The van der Waals surface area contributed by atoms with Gasteiger partial charge in [0.15, 0.2) is 0 Å². The smallest absolute Gasteiger partial charge is 0.227 e. The molecular weight excluding hydrogens is 466 g/mol. The van der Waals surface area contributed by atoms with Crippen LogP contribution in [0.4, 0.5) is 0 Å². The molecule has 38 heavy (non-hydrogen) atoms. The largest absolute Gasteiger partial charge is 0.461 e. The predicted molar refractivity (Wildman–Crippen MR) is 159 cm³/mol. The molecule has 3 aromatic heterocycles. The van der Waals surface area contributed by atoms with Gasteiger partial charge in [-0.1, -0.05) is 65.0 Å². The molecule has 0 atom stereocenters. The zero-order chi connectivity index (χ0) is 26.8. The first-order valence-electron chi connectivity index (χ1n) is 13.6. The average Bonchev–Trinajstić information content (AvgIpc) is 3.40. The zero-order valence-corrected chi connectivity index (χ0v) is 23.4. The number of aryl methyl sites for hydroxylation is 2. The fourth-order valence-corrected chi connectivity index (χ4v) is 5.60. The minimum absolute atomic E-state index is 0.00134. The third kappa shape index (κ3) is 4.20. The molecule has 0 amide bonds. The molecule has 0 aliphatic heterocycles. The van der Waals surface area contributed by atoms with Gasteiger partial charge in [-0.25, -0.2) is 4.98 Å². The Labute approximate surface area is 224 Å². The molecule has 0 fully saturated rings. The molecule has 0 unspecified atom stereocenters. The molecule has 3 nitrogen and oxygen atoms in total. The van der Waals surface area contributed by atoms with Crippen molar-refractivity contribution in [3.8, 4) is 22.4 Å². The second-order valence-electron chi connectivity index (χ2n) is 12.1. The third-order valence-electron chi connectivity index (χ3n) is 7.53. The Bertz CT molecular complexity index is 1820. The number of aromatic nitrogens is 1. The Hall–Kier alpha value is -3.85. The van der Waals surface area contributed by atoms with Crippen molar-refractivity contribution in [2.24, 2.45) is 5.92 Å². The van der Waals surface area contributed by atoms with Crippen LogP contribution in [-0.4, -0.2) is 4.98 Å². The van der Waals surface area contributed by atoms with Gasteiger partial charge in [0.25, 0.3) is 0 Å². The van der Waals surface area contributed by atoms with E-state index in [9.17, 15) is 0 Å². The lowest BCUT2D eigenvalue weighted by Crippen LogP contribution is -2.12. The Kier molecular flexibility index (Phi) is 5.72. The number of furan rings is 2. The van der Waals surface area contributed by atoms with Gasteiger partial charge >= 0.3 is 0 Å². The number of benzene rings is 3. The summed E-state index contributed by atoms with van der Waals surface area (Å²) in [4.78, 5) is 5.01. The first-order valence-corrected chi connectivity index (χ1v) is 13.6. The summed E-state index contributed by atoms with van der Waals surface area (Å²) in [6.07, 6.45) is 0.943. The fraction of sp³-hybridized carbons (Fsp3) is 0.286. The van der Waals surface area contributed by atoms with Crippen molar-refractivity contribution in [3.05, 3.63) is 89.4 Å². The van der Waals surface area contributed by atoms with E-state index in [2.05, 4.69) is 108 Å². The van der Waals surface area contributed by atoms with Crippen molar-refractivity contribution in [2.45, 2.75) is 60.3 Å². The highest BCUT2D eigenvalue weighted by Crippen LogP contribution is 2.39. The second-order valence-corrected chi connectivity index (χ2v) is 12.1. The molecular formula is C35H35NO2. The lowest BCUT2D eigenvalue weighted by Gasteiger charge is -2.22. The summed E-state index contributed by atoms with van der Waals surface area (Å²) in [5.41, 5.74) is 8.45. The van der Waals surface area contributed by atoms with Gasteiger partial charge < -0.3 is 8.83 Å². The molecule has 0 saturated carbocycles. The normalized spacial score (nSPS) is 12.4. The van der Waals surface area contributed by atoms with Gasteiger partial charge in [0.2, 0.25) is 5.71 Å². The monoisotopic (exact) mass is 501 g/mol. The molecule has 0 radical (unpaired) electrons. The van der Waals surface area contributed by atoms with Crippen molar-refractivity contribution in [2.75, 3.05) is 0 Å². The molecule has 3 aromatic carbocycles. The topological polar surface area (TPSA) is 39.2 Å². The van der Waals surface area contributed by atoms with E-state index in [0.717, 1.165) is 51.3 Å². The molecule has 0 spiro atoms. The highest BCUT2D eigenvalue weighted by Gasteiger charge is 2.21. The molecule has 0 aliphatic carbocycles. The molecule has 0 bridgehead atoms. The third-order valence-corrected chi connectivity index (χ3v) is 7.53. The van der Waals surface area contributed by atoms with Crippen molar-refractivity contribution in [1.29, 1.82) is 0 Å². The van der Waals surface area contributed by atoms with Crippen LogP contribution in [-0.2, 0) is 11.8 Å². The molecule has 3 heterocycles. The Morgan fingerprint density at radius 3 is 2.34 bits per heavy atom. The van der Waals surface area contributed by atoms with E-state index in [1.54, 1.807) is 0 Å². The van der Waals surface area contributed by atoms with Crippen molar-refractivity contribution >= 4 is 32.8 Å². The average molecular weight is 502 g/mol. The maximum Gasteiger partial charge on any atom is 0.227 e. The van der Waals surface area contributed by atoms with E-state index in [0.29, 0.717) is 11.6 Å². The number of fused-ring (bicyclic) bond motifs is 3. The maximum absolute atomic E-state index is 6.24. The van der Waals surface area contributed by atoms with Gasteiger partial charge in [0, 0.05) is 22.8 Å². The first-order chi connectivity index (χ1) is 18.1. The second kappa shape index (κ2) is 8.87. The van der Waals surface area contributed by atoms with Gasteiger partial charge in [0.1, 0.15) is 17.1 Å². The summed E-state index contributed by atoms with van der Waals surface area (Å²) in [6.45, 7) is 15.4. The first kappa shape index (κ1) is 24.5. The lowest BCUT2D eigenvalue weighted by molar-refractivity contribution is 0.496. The zero-order valence-electron chi connectivity index (χ0n) is 23.4. The minimum atomic E-state index is 0.00134. The molecule has 6 rings (SSSR count). The van der Waals surface area contributed by atoms with Gasteiger partial charge in [-0.05, 0) is 94.6 Å². The van der Waals surface area contributed by atoms with Crippen LogP contribution in [0.1, 0.15) is 57.3 Å². The van der Waals surface area contributed by atoms with Gasteiger partial charge in [-0.2, -0.15) is 0 Å². The summed E-state index contributed by atoms with van der Waals surface area (Å²) in [5, 5.41) is 4.72. The molecule has 6 aromatic rings. The maximum atomic E-state index is 6.24. The molecule has 0 N–H and O–H groups in total. The predicted octanol–water partition coefficient (Wildman–Crippen LogP) is 10.2. The molecule has 3 heteroatoms. The van der Waals surface area contributed by atoms with Crippen molar-refractivity contribution in [3.63, 3.8) is 0 Å². The number of rotatable bonds is 4. The van der Waals surface area contributed by atoms with Crippen LogP contribution < -0.4 is 0 Å². The van der Waals surface area contributed by atoms with E-state index in [-0.39, 0.29) is 5.41 Å². The summed E-state index contributed by atoms with van der Waals surface area (Å²) in [7, 11) is 0. The van der Waals surface area contributed by atoms with Gasteiger partial charge in [0.05, 0.1) is 5.69 Å². The number of hydrogen-bond donors (Lipinski definition) is 0. The molecule has 0 aliphatic rings. The standard InChI is InChI=1S/C35H35NO2/c1-20(2)14-33-22(4)27-17-24(12-13-32(27)38-33)28-19-31(36-34-29(28)15-21(3)37-34)25-16-23-10-8-9-11-26(23)30(18-25)35(5,6)7/h8-13,15-20H,14H2,1-7H3. The number of nitrogens with zero attached hydrogens (tertiary/aromatic N) is 1. The highest BCUT2D eigenvalue weighted by atomic mass is 16.3. The number of pyridine rings is 1. The minimum Gasteiger partial charge on any atom is -0.461 e. The summed E-state index contributed by atoms with van der Waals surface area (Å²) < 4.78 is 12.3. The summed E-state index contributed by atoms with van der Waals surface area (Å²) in [6, 6.07) is 24.0. The quantitative estimate of drug-likeness (QED) is 0.241. The van der Waals surface area contributed by atoms with E-state index >= 15 is 0 Å². The SMILES string of the molecule is Cc1cc2c(-c3ccc4oc(CC(C)C)c(C)c4c3)cc(-c3cc(C(C)(C)C)c4ccccc4c3)nc2o1. The van der Waals surface area contributed by atoms with Crippen LogP contribution in [0.15, 0.2) is 75.6 Å². The fourth-order valence-electron chi connectivity index (χ4n) is 5.60. The van der Waals surface area contributed by atoms with E-state index in [1.165, 1.54) is 27.3 Å². The lowest BCUT2D eigenvalue weighted by atomic mass is 9.82. The molecule has 0 saturated heterocycles. The van der Waals surface area contributed by atoms with Crippen molar-refractivity contribution < 1.29 is 8.83 Å². The summed E-state index contributed by atoms with van der Waals surface area (Å²) in [5.74, 6) is 2.49. The Morgan fingerprint density at radius 2 is 1.58 bits per heavy atom. The van der Waals surface area contributed by atoms with Crippen LogP contribution >= 0.6 is 0 Å². The Balaban J connectivity index is 1.58. The van der Waals surface area contributed by atoms with Crippen molar-refractivity contribution in [1.82, 2.24) is 4.98 Å². The van der Waals surface area contributed by atoms with Crippen LogP contribution in [0.2, 0.25) is 0 Å². The van der Waals surface area contributed by atoms with Crippen LogP contribution in [0.5, 0.6) is 0 Å². The summed E-state index contributed by atoms with van der Waals surface area (Å²) >= 11 is 0. The van der Waals surface area contributed by atoms with E-state index in [1.807, 2.05) is 6.92 Å². The number of hydrogen-bond acceptors (Lipinski definition) is 3. The molecule has 192 valence electrons. The van der Waals surface area contributed by atoms with E-state index in [4.69, 9.17) is 13.8 Å². The van der Waals surface area contributed by atoms with Crippen LogP contribution in [0.3, 0.4) is 0 Å². The van der Waals surface area contributed by atoms with Gasteiger partial charge in [-0.15, -0.1) is 0 Å². The Morgan fingerprint density at radius 1 is 0.789 bits per heavy atom. The van der Waals surface area contributed by atoms with Crippen LogP contribution in [0, 0.1) is 19.8 Å². The van der Waals surface area contributed by atoms with E-state index < -0.39 is 0 Å². The highest BCUT2D eigenvalue weighted by molar-refractivity contribution is 5.99.